The number of hydrogen-bond donors (Lipinski definition) is 2. The molecule has 0 saturated heterocycles. The summed E-state index contributed by atoms with van der Waals surface area (Å²) in [5.41, 5.74) is 0. The summed E-state index contributed by atoms with van der Waals surface area (Å²) in [6.07, 6.45) is 0. The Morgan fingerprint density at radius 1 is 1.56 bits per heavy atom. The molecule has 0 heterocycles. The van der Waals surface area contributed by atoms with E-state index in [1.54, 1.807) is 6.92 Å². The number of halogens is 1. The zero-order valence-corrected chi connectivity index (χ0v) is 6.78. The van der Waals surface area contributed by atoms with Crippen LogP contribution in [0.15, 0.2) is 0 Å². The fourth-order valence-corrected chi connectivity index (χ4v) is 1.65. The molecular formula is C4H11ClO3S. The molecular weight excluding hydrogens is 164 g/mol. The second-order valence-electron chi connectivity index (χ2n) is 1.41. The van der Waals surface area contributed by atoms with Crippen LogP contribution in [0.3, 0.4) is 0 Å². The first-order valence-electron chi connectivity index (χ1n) is 2.58. The first-order chi connectivity index (χ1) is 4.12. The highest BCUT2D eigenvalue weighted by Crippen LogP contribution is 2.38. The lowest BCUT2D eigenvalue weighted by atomic mass is 10.9. The lowest BCUT2D eigenvalue weighted by molar-refractivity contribution is 0.278. The normalized spacial score (nSPS) is 13.8. The summed E-state index contributed by atoms with van der Waals surface area (Å²) >= 11 is 5.24. The molecule has 0 atom stereocenters. The van der Waals surface area contributed by atoms with Crippen LogP contribution < -0.4 is 0 Å². The monoisotopic (exact) mass is 174 g/mol. The van der Waals surface area contributed by atoms with Crippen molar-refractivity contribution < 1.29 is 13.3 Å². The van der Waals surface area contributed by atoms with Gasteiger partial charge in [0, 0.05) is 5.88 Å². The summed E-state index contributed by atoms with van der Waals surface area (Å²) in [6, 6.07) is 0. The van der Waals surface area contributed by atoms with Gasteiger partial charge in [-0.1, -0.05) is 0 Å². The summed E-state index contributed by atoms with van der Waals surface area (Å²) in [5, 5.41) is 0. The molecule has 5 heteroatoms. The van der Waals surface area contributed by atoms with Gasteiger partial charge in [0.15, 0.2) is 0 Å². The van der Waals surface area contributed by atoms with Gasteiger partial charge in [-0.3, -0.25) is 4.18 Å². The average Bonchev–Trinajstić information content (AvgIpc) is 1.64. The van der Waals surface area contributed by atoms with Crippen molar-refractivity contribution in [2.75, 3.05) is 18.2 Å². The molecule has 0 aromatic carbocycles. The minimum absolute atomic E-state index is 0.113. The Morgan fingerprint density at radius 2 is 2.11 bits per heavy atom. The van der Waals surface area contributed by atoms with Crippen molar-refractivity contribution >= 4 is 22.5 Å². The van der Waals surface area contributed by atoms with E-state index in [-0.39, 0.29) is 11.6 Å². The third kappa shape index (κ3) is 4.99. The van der Waals surface area contributed by atoms with Gasteiger partial charge in [0.25, 0.3) is 0 Å². The summed E-state index contributed by atoms with van der Waals surface area (Å²) < 4.78 is 22.3. The Hall–Kier alpha value is 0.520. The van der Waals surface area contributed by atoms with Crippen molar-refractivity contribution in [3.8, 4) is 0 Å². The zero-order chi connectivity index (χ0) is 7.33. The van der Waals surface area contributed by atoms with Crippen LogP contribution in [0.1, 0.15) is 6.92 Å². The molecule has 0 amide bonds. The van der Waals surface area contributed by atoms with Gasteiger partial charge in [-0.15, -0.1) is 11.6 Å². The second kappa shape index (κ2) is 4.35. The highest BCUT2D eigenvalue weighted by molar-refractivity contribution is 8.20. The largest absolute Gasteiger partial charge is 0.308 e. The van der Waals surface area contributed by atoms with Crippen molar-refractivity contribution in [1.82, 2.24) is 0 Å². The molecule has 0 unspecified atom stereocenters. The Balaban J connectivity index is 3.43. The van der Waals surface area contributed by atoms with E-state index in [2.05, 4.69) is 4.18 Å². The van der Waals surface area contributed by atoms with Crippen LogP contribution >= 0.6 is 22.5 Å². The van der Waals surface area contributed by atoms with Crippen LogP contribution in [-0.2, 0) is 4.18 Å². The molecule has 0 aromatic rings. The van der Waals surface area contributed by atoms with Crippen LogP contribution in [0.4, 0.5) is 0 Å². The van der Waals surface area contributed by atoms with Crippen LogP contribution in [0.25, 0.3) is 0 Å². The van der Waals surface area contributed by atoms with Gasteiger partial charge in [0.05, 0.1) is 23.2 Å². The molecule has 0 bridgehead atoms. The van der Waals surface area contributed by atoms with Gasteiger partial charge in [-0.05, 0) is 6.92 Å². The maximum Gasteiger partial charge on any atom is 0.0847 e. The van der Waals surface area contributed by atoms with Gasteiger partial charge in [0.1, 0.15) is 0 Å². The lowest BCUT2D eigenvalue weighted by Gasteiger charge is -2.24. The van der Waals surface area contributed by atoms with E-state index in [1.807, 2.05) is 0 Å². The number of alkyl halides is 1. The smallest absolute Gasteiger partial charge is 0.0847 e. The molecule has 2 N–H and O–H groups in total. The van der Waals surface area contributed by atoms with Crippen molar-refractivity contribution in [3.05, 3.63) is 0 Å². The Morgan fingerprint density at radius 3 is 2.44 bits per heavy atom. The molecule has 0 fully saturated rings. The van der Waals surface area contributed by atoms with Crippen molar-refractivity contribution in [2.24, 2.45) is 0 Å². The molecule has 0 aliphatic heterocycles. The van der Waals surface area contributed by atoms with E-state index in [4.69, 9.17) is 20.7 Å². The van der Waals surface area contributed by atoms with E-state index < -0.39 is 10.9 Å². The standard InChI is InChI=1S/C4H11ClO3S/c1-2-8-9(6,7)4-3-5/h6-7H,2-4H2,1H3. The molecule has 58 valence electrons. The summed E-state index contributed by atoms with van der Waals surface area (Å²) in [4.78, 5) is 0. The Kier molecular flexibility index (Phi) is 4.61. The van der Waals surface area contributed by atoms with Gasteiger partial charge in [0.2, 0.25) is 0 Å². The first-order valence-corrected chi connectivity index (χ1v) is 4.76. The Labute approximate surface area is 61.5 Å². The van der Waals surface area contributed by atoms with E-state index >= 15 is 0 Å². The molecule has 0 aliphatic carbocycles. The van der Waals surface area contributed by atoms with Gasteiger partial charge >= 0.3 is 0 Å². The van der Waals surface area contributed by atoms with E-state index in [9.17, 15) is 0 Å². The molecule has 9 heavy (non-hydrogen) atoms. The molecule has 0 spiro atoms. The average molecular weight is 175 g/mol. The van der Waals surface area contributed by atoms with Crippen LogP contribution in [0.2, 0.25) is 0 Å². The molecule has 0 saturated carbocycles. The highest BCUT2D eigenvalue weighted by Gasteiger charge is 2.14. The Bertz CT molecular complexity index is 70.2. The maximum absolute atomic E-state index is 8.85. The quantitative estimate of drug-likeness (QED) is 0.641. The molecule has 0 rings (SSSR count). The summed E-state index contributed by atoms with van der Waals surface area (Å²) in [7, 11) is -2.81. The van der Waals surface area contributed by atoms with E-state index in [0.717, 1.165) is 0 Å². The maximum atomic E-state index is 8.85. The van der Waals surface area contributed by atoms with Crippen LogP contribution in [0, 0.1) is 0 Å². The summed E-state index contributed by atoms with van der Waals surface area (Å²) in [5.74, 6) is 0.324. The topological polar surface area (TPSA) is 49.7 Å². The predicted octanol–water partition coefficient (Wildman–Crippen LogP) is 1.93. The third-order valence-corrected chi connectivity index (χ3v) is 2.41. The van der Waals surface area contributed by atoms with Crippen molar-refractivity contribution in [3.63, 3.8) is 0 Å². The predicted molar refractivity (Wildman–Crippen MR) is 40.1 cm³/mol. The van der Waals surface area contributed by atoms with Crippen LogP contribution in [0.5, 0.6) is 0 Å². The highest BCUT2D eigenvalue weighted by atomic mass is 35.5. The van der Waals surface area contributed by atoms with E-state index in [1.165, 1.54) is 0 Å². The SMILES string of the molecule is CCOS(O)(O)CCCl. The molecule has 0 aliphatic rings. The lowest BCUT2D eigenvalue weighted by Crippen LogP contribution is -2.07. The van der Waals surface area contributed by atoms with Crippen molar-refractivity contribution in [1.29, 1.82) is 0 Å². The molecule has 3 nitrogen and oxygen atoms in total. The van der Waals surface area contributed by atoms with Gasteiger partial charge < -0.3 is 9.11 Å². The van der Waals surface area contributed by atoms with Gasteiger partial charge in [-0.25, -0.2) is 0 Å². The first kappa shape index (κ1) is 9.52. The second-order valence-corrected chi connectivity index (χ2v) is 3.64. The minimum Gasteiger partial charge on any atom is -0.308 e. The fraction of sp³-hybridized carbons (Fsp3) is 1.00. The number of rotatable bonds is 4. The van der Waals surface area contributed by atoms with Gasteiger partial charge in [-0.2, -0.15) is 0 Å². The van der Waals surface area contributed by atoms with E-state index in [0.29, 0.717) is 6.61 Å². The third-order valence-electron chi connectivity index (χ3n) is 0.650. The molecule has 0 aromatic heterocycles. The molecule has 0 radical (unpaired) electrons. The van der Waals surface area contributed by atoms with Crippen LogP contribution in [-0.4, -0.2) is 27.3 Å². The minimum atomic E-state index is -2.81. The fourth-order valence-electron chi connectivity index (χ4n) is 0.348. The summed E-state index contributed by atoms with van der Waals surface area (Å²) in [6.45, 7) is 2.00. The number of hydrogen-bond acceptors (Lipinski definition) is 3. The van der Waals surface area contributed by atoms with Crippen molar-refractivity contribution in [2.45, 2.75) is 6.92 Å². The zero-order valence-electron chi connectivity index (χ0n) is 5.21.